The van der Waals surface area contributed by atoms with Crippen molar-refractivity contribution in [1.82, 2.24) is 20.0 Å². The van der Waals surface area contributed by atoms with Crippen LogP contribution >= 0.6 is 11.3 Å². The number of hydrogen-bond donors (Lipinski definition) is 1. The van der Waals surface area contributed by atoms with Crippen LogP contribution in [0.4, 0.5) is 5.13 Å². The number of benzene rings is 1. The van der Waals surface area contributed by atoms with E-state index in [0.29, 0.717) is 5.13 Å². The van der Waals surface area contributed by atoms with Crippen molar-refractivity contribution in [1.29, 1.82) is 0 Å². The van der Waals surface area contributed by atoms with Gasteiger partial charge in [-0.1, -0.05) is 48.6 Å². The molecule has 1 aromatic heterocycles. The predicted molar refractivity (Wildman–Crippen MR) is 115 cm³/mol. The third-order valence-corrected chi connectivity index (χ3v) is 5.93. The molecule has 1 aromatic carbocycles. The average Bonchev–Trinajstić information content (AvgIpc) is 3.18. The fraction of sp³-hybridized carbons (Fsp3) is 0.524. The van der Waals surface area contributed by atoms with Crippen molar-refractivity contribution in [3.05, 3.63) is 40.9 Å². The number of aromatic nitrogens is 2. The van der Waals surface area contributed by atoms with Crippen LogP contribution in [-0.4, -0.2) is 64.5 Å². The molecule has 0 atom stereocenters. The van der Waals surface area contributed by atoms with Gasteiger partial charge in [0.1, 0.15) is 5.01 Å². The minimum Gasteiger partial charge on any atom is -0.340 e. The van der Waals surface area contributed by atoms with Crippen LogP contribution in [0.25, 0.3) is 0 Å². The molecule has 2 heterocycles. The Morgan fingerprint density at radius 3 is 2.52 bits per heavy atom. The van der Waals surface area contributed by atoms with E-state index in [9.17, 15) is 9.59 Å². The summed E-state index contributed by atoms with van der Waals surface area (Å²) in [5.41, 5.74) is 1.34. The Bertz CT molecular complexity index is 787. The summed E-state index contributed by atoms with van der Waals surface area (Å²) >= 11 is 1.40. The molecule has 29 heavy (non-hydrogen) atoms. The van der Waals surface area contributed by atoms with Crippen molar-refractivity contribution in [3.8, 4) is 0 Å². The van der Waals surface area contributed by atoms with E-state index in [4.69, 9.17) is 0 Å². The molecule has 1 fully saturated rings. The second-order valence-corrected chi connectivity index (χ2v) is 8.32. The van der Waals surface area contributed by atoms with Crippen LogP contribution in [0.3, 0.4) is 0 Å². The van der Waals surface area contributed by atoms with E-state index >= 15 is 0 Å². The first kappa shape index (κ1) is 21.4. The van der Waals surface area contributed by atoms with E-state index in [1.54, 1.807) is 0 Å². The zero-order chi connectivity index (χ0) is 20.5. The average molecular weight is 416 g/mol. The second kappa shape index (κ2) is 11.0. The molecule has 0 radical (unpaired) electrons. The lowest BCUT2D eigenvalue weighted by Crippen LogP contribution is -2.49. The maximum absolute atomic E-state index is 12.4. The number of amides is 2. The monoisotopic (exact) mass is 415 g/mol. The molecule has 1 N–H and O–H groups in total. The zero-order valence-electron chi connectivity index (χ0n) is 17.0. The van der Waals surface area contributed by atoms with Gasteiger partial charge in [0.2, 0.25) is 16.9 Å². The van der Waals surface area contributed by atoms with Crippen LogP contribution in [0, 0.1) is 0 Å². The molecule has 8 heteroatoms. The molecule has 1 aliphatic heterocycles. The Morgan fingerprint density at radius 1 is 1.03 bits per heavy atom. The van der Waals surface area contributed by atoms with Crippen LogP contribution < -0.4 is 5.32 Å². The van der Waals surface area contributed by atoms with Crippen molar-refractivity contribution in [2.75, 3.05) is 38.0 Å². The molecule has 3 rings (SSSR count). The minimum atomic E-state index is -0.181. The lowest BCUT2D eigenvalue weighted by molar-refractivity contribution is -0.134. The van der Waals surface area contributed by atoms with Crippen LogP contribution in [0.15, 0.2) is 30.3 Å². The minimum absolute atomic E-state index is 0.0480. The summed E-state index contributed by atoms with van der Waals surface area (Å²) in [7, 11) is 0. The number of anilines is 1. The number of carbonyl (C=O) groups is 2. The molecule has 156 valence electrons. The SMILES string of the molecule is CCCc1nnc(NC(=O)CCC(=O)N2CCN(CCc3ccccc3)CC2)s1. The van der Waals surface area contributed by atoms with Gasteiger partial charge in [0.25, 0.3) is 0 Å². The Balaban J connectivity index is 1.33. The highest BCUT2D eigenvalue weighted by Crippen LogP contribution is 2.17. The third kappa shape index (κ3) is 6.90. The van der Waals surface area contributed by atoms with Crippen LogP contribution in [0.2, 0.25) is 0 Å². The molecule has 7 nitrogen and oxygen atoms in total. The number of hydrogen-bond acceptors (Lipinski definition) is 6. The largest absolute Gasteiger partial charge is 0.340 e. The van der Waals surface area contributed by atoms with Crippen LogP contribution in [0.1, 0.15) is 36.8 Å². The molecule has 2 aromatic rings. The number of nitrogens with zero attached hydrogens (tertiary/aromatic N) is 4. The zero-order valence-corrected chi connectivity index (χ0v) is 17.8. The molecule has 0 saturated carbocycles. The van der Waals surface area contributed by atoms with Gasteiger partial charge in [0.05, 0.1) is 0 Å². The van der Waals surface area contributed by atoms with E-state index in [2.05, 4.69) is 51.6 Å². The van der Waals surface area contributed by atoms with E-state index in [-0.39, 0.29) is 24.7 Å². The summed E-state index contributed by atoms with van der Waals surface area (Å²) in [4.78, 5) is 28.8. The molecule has 0 bridgehead atoms. The van der Waals surface area contributed by atoms with Gasteiger partial charge in [-0.3, -0.25) is 14.5 Å². The number of nitrogens with one attached hydrogen (secondary N) is 1. The summed E-state index contributed by atoms with van der Waals surface area (Å²) in [6.45, 7) is 6.31. The number of carbonyl (C=O) groups excluding carboxylic acids is 2. The highest BCUT2D eigenvalue weighted by atomic mass is 32.1. The normalized spacial score (nSPS) is 14.7. The predicted octanol–water partition coefficient (Wildman–Crippen LogP) is 2.60. The number of rotatable bonds is 9. The van der Waals surface area contributed by atoms with Gasteiger partial charge in [-0.2, -0.15) is 0 Å². The number of piperazine rings is 1. The van der Waals surface area contributed by atoms with E-state index in [0.717, 1.165) is 57.0 Å². The highest BCUT2D eigenvalue weighted by molar-refractivity contribution is 7.15. The maximum atomic E-state index is 12.4. The summed E-state index contributed by atoms with van der Waals surface area (Å²) in [5.74, 6) is -0.133. The molecule has 0 aliphatic carbocycles. The summed E-state index contributed by atoms with van der Waals surface area (Å²) in [6, 6.07) is 10.5. The van der Waals surface area contributed by atoms with Gasteiger partial charge < -0.3 is 10.2 Å². The molecule has 1 saturated heterocycles. The van der Waals surface area contributed by atoms with Gasteiger partial charge in [0, 0.05) is 52.0 Å². The van der Waals surface area contributed by atoms with Gasteiger partial charge in [-0.25, -0.2) is 0 Å². The third-order valence-electron chi connectivity index (χ3n) is 5.03. The van der Waals surface area contributed by atoms with Crippen molar-refractivity contribution < 1.29 is 9.59 Å². The first-order valence-electron chi connectivity index (χ1n) is 10.3. The van der Waals surface area contributed by atoms with Crippen molar-refractivity contribution in [2.24, 2.45) is 0 Å². The van der Waals surface area contributed by atoms with Crippen LogP contribution in [0.5, 0.6) is 0 Å². The summed E-state index contributed by atoms with van der Waals surface area (Å²) in [6.07, 6.45) is 3.30. The molecule has 0 unspecified atom stereocenters. The Morgan fingerprint density at radius 2 is 1.79 bits per heavy atom. The van der Waals surface area contributed by atoms with Crippen molar-refractivity contribution in [2.45, 2.75) is 39.0 Å². The molecular formula is C21H29N5O2S. The quantitative estimate of drug-likeness (QED) is 0.681. The Kier molecular flexibility index (Phi) is 8.13. The van der Waals surface area contributed by atoms with Gasteiger partial charge in [0.15, 0.2) is 0 Å². The van der Waals surface area contributed by atoms with E-state index in [1.165, 1.54) is 16.9 Å². The lowest BCUT2D eigenvalue weighted by atomic mass is 10.1. The van der Waals surface area contributed by atoms with Gasteiger partial charge in [-0.05, 0) is 18.4 Å². The summed E-state index contributed by atoms with van der Waals surface area (Å²) in [5, 5.41) is 12.2. The summed E-state index contributed by atoms with van der Waals surface area (Å²) < 4.78 is 0. The maximum Gasteiger partial charge on any atom is 0.226 e. The van der Waals surface area contributed by atoms with E-state index < -0.39 is 0 Å². The molecular weight excluding hydrogens is 386 g/mol. The topological polar surface area (TPSA) is 78.4 Å². The highest BCUT2D eigenvalue weighted by Gasteiger charge is 2.21. The molecule has 2 amide bonds. The number of aryl methyl sites for hydroxylation is 1. The molecule has 1 aliphatic rings. The smallest absolute Gasteiger partial charge is 0.226 e. The van der Waals surface area contributed by atoms with Gasteiger partial charge in [-0.15, -0.1) is 10.2 Å². The van der Waals surface area contributed by atoms with Crippen molar-refractivity contribution in [3.63, 3.8) is 0 Å². The molecule has 0 spiro atoms. The van der Waals surface area contributed by atoms with E-state index in [1.807, 2.05) is 11.0 Å². The fourth-order valence-corrected chi connectivity index (χ4v) is 4.19. The lowest BCUT2D eigenvalue weighted by Gasteiger charge is -2.34. The first-order chi connectivity index (χ1) is 14.1. The van der Waals surface area contributed by atoms with Crippen molar-refractivity contribution >= 4 is 28.3 Å². The fourth-order valence-electron chi connectivity index (χ4n) is 3.33. The van der Waals surface area contributed by atoms with Gasteiger partial charge >= 0.3 is 0 Å². The first-order valence-corrected chi connectivity index (χ1v) is 11.1. The standard InChI is InChI=1S/C21H29N5O2S/c1-2-6-19-23-24-21(29-19)22-18(27)9-10-20(28)26-15-13-25(14-16-26)12-11-17-7-4-3-5-8-17/h3-5,7-8H,2,6,9-16H2,1H3,(H,22,24,27). The Labute approximate surface area is 176 Å². The van der Waals surface area contributed by atoms with Crippen LogP contribution in [-0.2, 0) is 22.4 Å². The second-order valence-electron chi connectivity index (χ2n) is 7.26. The Hall–Kier alpha value is -2.32.